The number of hydrogen-bond donors (Lipinski definition) is 1. The van der Waals surface area contributed by atoms with Crippen LogP contribution in [0.4, 0.5) is 5.69 Å². The number of aromatic hydroxyl groups is 1. The molecule has 1 amide bonds. The number of azo groups is 1. The van der Waals surface area contributed by atoms with Gasteiger partial charge in [-0.1, -0.05) is 30.3 Å². The molecule has 0 aliphatic heterocycles. The van der Waals surface area contributed by atoms with Gasteiger partial charge in [0.1, 0.15) is 5.75 Å². The minimum absolute atomic E-state index is 0.00429. The van der Waals surface area contributed by atoms with Crippen LogP contribution >= 0.6 is 0 Å². The van der Waals surface area contributed by atoms with Crippen molar-refractivity contribution >= 4 is 22.5 Å². The second kappa shape index (κ2) is 7.82. The lowest BCUT2D eigenvalue weighted by Crippen LogP contribution is -1.95. The standard InChI is InChI=1S/C20H21N3O3/c1-3-23-17-11-10-15(26-2)13-16(17)19(20(23)25)22-21-18(24)12-9-14-7-5-4-6-8-14/h4-8,10-11,13,25H,3,9,12H2,1-2H3. The lowest BCUT2D eigenvalue weighted by atomic mass is 10.1. The number of amides is 1. The number of nitrogens with zero attached hydrogens (tertiary/aromatic N) is 3. The summed E-state index contributed by atoms with van der Waals surface area (Å²) in [7, 11) is 1.58. The number of hydrogen-bond acceptors (Lipinski definition) is 4. The summed E-state index contributed by atoms with van der Waals surface area (Å²) >= 11 is 0. The second-order valence-corrected chi connectivity index (χ2v) is 5.88. The van der Waals surface area contributed by atoms with Gasteiger partial charge in [-0.2, -0.15) is 0 Å². The molecule has 1 N–H and O–H groups in total. The molecule has 0 aliphatic rings. The third-order valence-electron chi connectivity index (χ3n) is 4.27. The van der Waals surface area contributed by atoms with Crippen LogP contribution in [0.15, 0.2) is 58.8 Å². The fourth-order valence-corrected chi connectivity index (χ4v) is 2.90. The normalized spacial score (nSPS) is 11.3. The van der Waals surface area contributed by atoms with Crippen molar-refractivity contribution < 1.29 is 14.6 Å². The van der Waals surface area contributed by atoms with Crippen LogP contribution in [0.25, 0.3) is 10.9 Å². The van der Waals surface area contributed by atoms with Crippen LogP contribution in [0.3, 0.4) is 0 Å². The smallest absolute Gasteiger partial charge is 0.265 e. The van der Waals surface area contributed by atoms with Crippen LogP contribution in [-0.4, -0.2) is 22.7 Å². The molecule has 3 rings (SSSR count). The van der Waals surface area contributed by atoms with Crippen LogP contribution in [0.5, 0.6) is 11.6 Å². The molecule has 0 fully saturated rings. The molecule has 1 aromatic heterocycles. The first-order valence-corrected chi connectivity index (χ1v) is 8.51. The van der Waals surface area contributed by atoms with Crippen molar-refractivity contribution in [3.63, 3.8) is 0 Å². The van der Waals surface area contributed by atoms with E-state index in [-0.39, 0.29) is 23.9 Å². The molecule has 0 unspecified atom stereocenters. The molecule has 3 aromatic rings. The summed E-state index contributed by atoms with van der Waals surface area (Å²) in [4.78, 5) is 12.1. The van der Waals surface area contributed by atoms with Gasteiger partial charge in [0.2, 0.25) is 5.88 Å². The molecule has 0 saturated heterocycles. The Morgan fingerprint density at radius 1 is 1.19 bits per heavy atom. The Morgan fingerprint density at radius 2 is 1.96 bits per heavy atom. The number of carbonyl (C=O) groups is 1. The fraction of sp³-hybridized carbons (Fsp3) is 0.250. The van der Waals surface area contributed by atoms with Crippen molar-refractivity contribution in [2.75, 3.05) is 7.11 Å². The van der Waals surface area contributed by atoms with Gasteiger partial charge >= 0.3 is 0 Å². The summed E-state index contributed by atoms with van der Waals surface area (Å²) in [6, 6.07) is 15.2. The van der Waals surface area contributed by atoms with E-state index in [0.29, 0.717) is 24.1 Å². The third-order valence-corrected chi connectivity index (χ3v) is 4.27. The Hall–Kier alpha value is -3.15. The van der Waals surface area contributed by atoms with Crippen molar-refractivity contribution in [2.45, 2.75) is 26.3 Å². The minimum Gasteiger partial charge on any atom is -0.497 e. The number of ether oxygens (including phenoxy) is 1. The maximum absolute atomic E-state index is 12.1. The molecular formula is C20H21N3O3. The van der Waals surface area contributed by atoms with Crippen LogP contribution in [0.2, 0.25) is 0 Å². The van der Waals surface area contributed by atoms with Gasteiger partial charge in [-0.15, -0.1) is 10.2 Å². The van der Waals surface area contributed by atoms with Crippen molar-refractivity contribution in [1.29, 1.82) is 0 Å². The van der Waals surface area contributed by atoms with Crippen LogP contribution in [-0.2, 0) is 17.8 Å². The van der Waals surface area contributed by atoms with E-state index in [1.165, 1.54) is 0 Å². The summed E-state index contributed by atoms with van der Waals surface area (Å²) in [5, 5.41) is 19.0. The zero-order valence-electron chi connectivity index (χ0n) is 14.8. The molecule has 134 valence electrons. The van der Waals surface area contributed by atoms with E-state index in [0.717, 1.165) is 11.1 Å². The van der Waals surface area contributed by atoms with Gasteiger partial charge in [0.25, 0.3) is 5.91 Å². The van der Waals surface area contributed by atoms with Crippen molar-refractivity contribution in [2.24, 2.45) is 10.2 Å². The molecule has 2 aromatic carbocycles. The van der Waals surface area contributed by atoms with Crippen molar-refractivity contribution in [3.05, 3.63) is 54.1 Å². The lowest BCUT2D eigenvalue weighted by Gasteiger charge is -2.02. The highest BCUT2D eigenvalue weighted by Gasteiger charge is 2.16. The molecule has 6 nitrogen and oxygen atoms in total. The van der Waals surface area contributed by atoms with Gasteiger partial charge in [-0.3, -0.25) is 4.79 Å². The topological polar surface area (TPSA) is 76.2 Å². The molecule has 1 heterocycles. The summed E-state index contributed by atoms with van der Waals surface area (Å²) < 4.78 is 6.96. The Kier molecular flexibility index (Phi) is 5.31. The van der Waals surface area contributed by atoms with E-state index < -0.39 is 0 Å². The van der Waals surface area contributed by atoms with Crippen LogP contribution in [0.1, 0.15) is 18.9 Å². The first kappa shape index (κ1) is 17.7. The van der Waals surface area contributed by atoms with Crippen molar-refractivity contribution in [1.82, 2.24) is 4.57 Å². The number of benzene rings is 2. The van der Waals surface area contributed by atoms with E-state index in [2.05, 4.69) is 10.2 Å². The number of carbonyl (C=O) groups excluding carboxylic acids is 1. The average molecular weight is 351 g/mol. The largest absolute Gasteiger partial charge is 0.497 e. The Balaban J connectivity index is 1.84. The number of methoxy groups -OCH3 is 1. The van der Waals surface area contributed by atoms with Gasteiger partial charge in [0, 0.05) is 18.4 Å². The second-order valence-electron chi connectivity index (χ2n) is 5.88. The zero-order valence-corrected chi connectivity index (χ0v) is 14.8. The van der Waals surface area contributed by atoms with Gasteiger partial charge in [-0.05, 0) is 37.1 Å². The molecule has 0 atom stereocenters. The van der Waals surface area contributed by atoms with Gasteiger partial charge < -0.3 is 14.4 Å². The summed E-state index contributed by atoms with van der Waals surface area (Å²) in [6.45, 7) is 2.50. The summed E-state index contributed by atoms with van der Waals surface area (Å²) in [6.07, 6.45) is 0.874. The third kappa shape index (κ3) is 3.59. The lowest BCUT2D eigenvalue weighted by molar-refractivity contribution is -0.118. The SMILES string of the molecule is CCn1c(O)c(N=NC(=O)CCc2ccccc2)c2cc(OC)ccc21. The van der Waals surface area contributed by atoms with Gasteiger partial charge in [0.05, 0.1) is 12.6 Å². The Labute approximate surface area is 151 Å². The highest BCUT2D eigenvalue weighted by Crippen LogP contribution is 2.40. The first-order chi connectivity index (χ1) is 12.6. The predicted molar refractivity (Wildman–Crippen MR) is 100 cm³/mol. The van der Waals surface area contributed by atoms with E-state index in [1.807, 2.05) is 49.4 Å². The highest BCUT2D eigenvalue weighted by molar-refractivity contribution is 5.96. The minimum atomic E-state index is -0.325. The number of aryl methyl sites for hydroxylation is 2. The van der Waals surface area contributed by atoms with Crippen LogP contribution < -0.4 is 4.74 Å². The van der Waals surface area contributed by atoms with E-state index >= 15 is 0 Å². The van der Waals surface area contributed by atoms with Crippen LogP contribution in [0, 0.1) is 0 Å². The first-order valence-electron chi connectivity index (χ1n) is 8.51. The molecule has 0 bridgehead atoms. The fourth-order valence-electron chi connectivity index (χ4n) is 2.90. The van der Waals surface area contributed by atoms with Crippen molar-refractivity contribution in [3.8, 4) is 11.6 Å². The maximum Gasteiger partial charge on any atom is 0.265 e. The number of rotatable bonds is 6. The number of fused-ring (bicyclic) bond motifs is 1. The van der Waals surface area contributed by atoms with Gasteiger partial charge in [-0.25, -0.2) is 0 Å². The zero-order chi connectivity index (χ0) is 18.5. The Bertz CT molecular complexity index is 946. The molecule has 0 aliphatic carbocycles. The molecule has 26 heavy (non-hydrogen) atoms. The quantitative estimate of drug-likeness (QED) is 0.658. The molecule has 0 spiro atoms. The van der Waals surface area contributed by atoms with E-state index in [9.17, 15) is 9.90 Å². The molecule has 0 radical (unpaired) electrons. The molecular weight excluding hydrogens is 330 g/mol. The Morgan fingerprint density at radius 3 is 2.65 bits per heavy atom. The van der Waals surface area contributed by atoms with E-state index in [4.69, 9.17) is 4.74 Å². The monoisotopic (exact) mass is 351 g/mol. The number of aromatic nitrogens is 1. The summed E-state index contributed by atoms with van der Waals surface area (Å²) in [5.41, 5.74) is 2.18. The molecule has 0 saturated carbocycles. The maximum atomic E-state index is 12.1. The average Bonchev–Trinajstić information content (AvgIpc) is 2.95. The van der Waals surface area contributed by atoms with Gasteiger partial charge in [0.15, 0.2) is 5.69 Å². The van der Waals surface area contributed by atoms with E-state index in [1.54, 1.807) is 17.7 Å². The summed E-state index contributed by atoms with van der Waals surface area (Å²) in [5.74, 6) is 0.321. The highest BCUT2D eigenvalue weighted by atomic mass is 16.5. The molecule has 6 heteroatoms. The predicted octanol–water partition coefficient (Wildman–Crippen LogP) is 4.62.